The lowest BCUT2D eigenvalue weighted by Crippen LogP contribution is -2.29. The molecule has 0 aromatic heterocycles. The molecule has 1 aromatic carbocycles. The van der Waals surface area contributed by atoms with Crippen LogP contribution in [-0.4, -0.2) is 19.8 Å². The van der Waals surface area contributed by atoms with Gasteiger partial charge in [0.05, 0.1) is 18.8 Å². The maximum Gasteiger partial charge on any atom is 0.163 e. The lowest BCUT2D eigenvalue weighted by atomic mass is 9.85. The van der Waals surface area contributed by atoms with Crippen molar-refractivity contribution in [1.82, 2.24) is 5.32 Å². The molecule has 3 unspecified atom stereocenters. The maximum absolute atomic E-state index is 13.9. The first-order valence-corrected chi connectivity index (χ1v) is 7.88. The van der Waals surface area contributed by atoms with Crippen LogP contribution in [0.4, 0.5) is 8.78 Å². The summed E-state index contributed by atoms with van der Waals surface area (Å²) in [5.41, 5.74) is 0.334. The number of benzene rings is 1. The van der Waals surface area contributed by atoms with Crippen LogP contribution >= 0.6 is 0 Å². The number of hydrogen-bond donors (Lipinski definition) is 1. The van der Waals surface area contributed by atoms with Gasteiger partial charge in [0.15, 0.2) is 11.6 Å². The molecule has 1 aliphatic carbocycles. The van der Waals surface area contributed by atoms with Gasteiger partial charge in [-0.1, -0.05) is 38.3 Å². The number of nitrogens with one attached hydrogen (secondary N) is 1. The number of halogens is 2. The number of ether oxygens (including phenoxy) is 1. The molecular formula is C17H25F2NO. The predicted molar refractivity (Wildman–Crippen MR) is 80.1 cm³/mol. The van der Waals surface area contributed by atoms with Crippen molar-refractivity contribution in [3.05, 3.63) is 35.4 Å². The molecule has 0 spiro atoms. The molecule has 2 nitrogen and oxygen atoms in total. The van der Waals surface area contributed by atoms with Crippen LogP contribution in [0.15, 0.2) is 18.2 Å². The Balaban J connectivity index is 1.95. The summed E-state index contributed by atoms with van der Waals surface area (Å²) in [6, 6.07) is 3.96. The van der Waals surface area contributed by atoms with E-state index in [0.717, 1.165) is 24.8 Å². The van der Waals surface area contributed by atoms with E-state index in [2.05, 4.69) is 12.2 Å². The Morgan fingerprint density at radius 3 is 2.86 bits per heavy atom. The lowest BCUT2D eigenvalue weighted by molar-refractivity contribution is 0.00164. The minimum Gasteiger partial charge on any atom is -0.376 e. The van der Waals surface area contributed by atoms with Gasteiger partial charge < -0.3 is 10.1 Å². The predicted octanol–water partition coefficient (Wildman–Crippen LogP) is 4.21. The molecule has 118 valence electrons. The Bertz CT molecular complexity index is 452. The van der Waals surface area contributed by atoms with Crippen molar-refractivity contribution in [1.29, 1.82) is 0 Å². The van der Waals surface area contributed by atoms with Crippen LogP contribution in [0, 0.1) is 17.6 Å². The van der Waals surface area contributed by atoms with E-state index in [-0.39, 0.29) is 12.1 Å². The Kier molecular flexibility index (Phi) is 6.12. The van der Waals surface area contributed by atoms with E-state index in [1.54, 1.807) is 13.1 Å². The first-order valence-electron chi connectivity index (χ1n) is 7.88. The van der Waals surface area contributed by atoms with Crippen molar-refractivity contribution in [2.45, 2.75) is 51.2 Å². The molecule has 0 heterocycles. The third kappa shape index (κ3) is 4.24. The molecule has 4 heteroatoms. The zero-order valence-corrected chi connectivity index (χ0v) is 12.9. The molecule has 1 aromatic rings. The Hall–Kier alpha value is -1.00. The molecule has 1 N–H and O–H groups in total. The average Bonchev–Trinajstić information content (AvgIpc) is 2.52. The molecule has 0 amide bonds. The second-order valence-corrected chi connectivity index (χ2v) is 5.88. The molecule has 0 radical (unpaired) electrons. The highest BCUT2D eigenvalue weighted by molar-refractivity contribution is 5.22. The molecule has 21 heavy (non-hydrogen) atoms. The molecular weight excluding hydrogens is 272 g/mol. The van der Waals surface area contributed by atoms with Gasteiger partial charge in [-0.15, -0.1) is 0 Å². The number of hydrogen-bond acceptors (Lipinski definition) is 2. The highest BCUT2D eigenvalue weighted by Crippen LogP contribution is 2.29. The van der Waals surface area contributed by atoms with Crippen molar-refractivity contribution in [3.8, 4) is 0 Å². The minimum atomic E-state index is -0.809. The van der Waals surface area contributed by atoms with Crippen molar-refractivity contribution < 1.29 is 13.5 Å². The molecule has 2 rings (SSSR count). The highest BCUT2D eigenvalue weighted by atomic mass is 19.2. The van der Waals surface area contributed by atoms with E-state index in [9.17, 15) is 8.78 Å². The minimum absolute atomic E-state index is 0.246. The van der Waals surface area contributed by atoms with Crippen LogP contribution in [0.2, 0.25) is 0 Å². The summed E-state index contributed by atoms with van der Waals surface area (Å²) in [5.74, 6) is -0.852. The fraction of sp³-hybridized carbons (Fsp3) is 0.647. The fourth-order valence-electron chi connectivity index (χ4n) is 3.11. The molecule has 1 saturated carbocycles. The van der Waals surface area contributed by atoms with Crippen LogP contribution in [0.25, 0.3) is 0 Å². The molecule has 3 atom stereocenters. The van der Waals surface area contributed by atoms with E-state index >= 15 is 0 Å². The quantitative estimate of drug-likeness (QED) is 0.849. The van der Waals surface area contributed by atoms with Crippen LogP contribution in [0.5, 0.6) is 0 Å². The molecule has 1 fully saturated rings. The first kappa shape index (κ1) is 16.4. The molecule has 0 bridgehead atoms. The summed E-state index contributed by atoms with van der Waals surface area (Å²) >= 11 is 0. The van der Waals surface area contributed by atoms with Crippen LogP contribution in [0.1, 0.15) is 50.6 Å². The monoisotopic (exact) mass is 297 g/mol. The van der Waals surface area contributed by atoms with E-state index in [0.29, 0.717) is 12.2 Å². The molecule has 0 aliphatic heterocycles. The second kappa shape index (κ2) is 7.85. The average molecular weight is 297 g/mol. The van der Waals surface area contributed by atoms with Gasteiger partial charge in [-0.2, -0.15) is 0 Å². The first-order chi connectivity index (χ1) is 10.2. The third-order valence-electron chi connectivity index (χ3n) is 4.52. The van der Waals surface area contributed by atoms with Gasteiger partial charge in [-0.3, -0.25) is 0 Å². The second-order valence-electron chi connectivity index (χ2n) is 5.88. The Labute approximate surface area is 125 Å². The maximum atomic E-state index is 13.9. The zero-order valence-electron chi connectivity index (χ0n) is 12.9. The zero-order chi connectivity index (χ0) is 15.2. The normalized spacial score (nSPS) is 24.0. The lowest BCUT2D eigenvalue weighted by Gasteiger charge is -2.30. The molecule has 1 aliphatic rings. The smallest absolute Gasteiger partial charge is 0.163 e. The van der Waals surface area contributed by atoms with Gasteiger partial charge in [0, 0.05) is 5.56 Å². The molecule has 0 saturated heterocycles. The van der Waals surface area contributed by atoms with Gasteiger partial charge in [0.2, 0.25) is 0 Å². The van der Waals surface area contributed by atoms with Crippen LogP contribution < -0.4 is 5.32 Å². The van der Waals surface area contributed by atoms with E-state index in [1.807, 2.05) is 0 Å². The van der Waals surface area contributed by atoms with Crippen molar-refractivity contribution in [3.63, 3.8) is 0 Å². The van der Waals surface area contributed by atoms with E-state index < -0.39 is 11.6 Å². The fourth-order valence-corrected chi connectivity index (χ4v) is 3.11. The largest absolute Gasteiger partial charge is 0.376 e. The number of rotatable bonds is 6. The Morgan fingerprint density at radius 1 is 1.33 bits per heavy atom. The topological polar surface area (TPSA) is 21.3 Å². The summed E-state index contributed by atoms with van der Waals surface area (Å²) in [6.45, 7) is 2.59. The SMILES string of the molecule is CCC1CCCC(OCC(NC)c2cccc(F)c2F)C1. The van der Waals surface area contributed by atoms with Crippen molar-refractivity contribution in [2.24, 2.45) is 5.92 Å². The summed E-state index contributed by atoms with van der Waals surface area (Å²) in [6.07, 6.45) is 6.06. The van der Waals surface area contributed by atoms with E-state index in [1.165, 1.54) is 25.3 Å². The van der Waals surface area contributed by atoms with Gasteiger partial charge in [-0.25, -0.2) is 8.78 Å². The van der Waals surface area contributed by atoms with Crippen LogP contribution in [-0.2, 0) is 4.74 Å². The van der Waals surface area contributed by atoms with Gasteiger partial charge >= 0.3 is 0 Å². The standard InChI is InChI=1S/C17H25F2NO/c1-3-12-6-4-7-13(10-12)21-11-16(20-2)14-8-5-9-15(18)17(14)19/h5,8-9,12-13,16,20H,3-4,6-7,10-11H2,1-2H3. The van der Waals surface area contributed by atoms with Crippen molar-refractivity contribution >= 4 is 0 Å². The number of likely N-dealkylation sites (N-methyl/N-ethyl adjacent to an activating group) is 1. The van der Waals surface area contributed by atoms with Gasteiger partial charge in [0.1, 0.15) is 0 Å². The summed E-state index contributed by atoms with van der Waals surface area (Å²) in [7, 11) is 1.74. The third-order valence-corrected chi connectivity index (χ3v) is 4.52. The van der Waals surface area contributed by atoms with Gasteiger partial charge in [0.25, 0.3) is 0 Å². The van der Waals surface area contributed by atoms with E-state index in [4.69, 9.17) is 4.74 Å². The Morgan fingerprint density at radius 2 is 2.14 bits per heavy atom. The summed E-state index contributed by atoms with van der Waals surface area (Å²) in [4.78, 5) is 0. The van der Waals surface area contributed by atoms with Crippen LogP contribution in [0.3, 0.4) is 0 Å². The summed E-state index contributed by atoms with van der Waals surface area (Å²) < 4.78 is 33.1. The van der Waals surface area contributed by atoms with Gasteiger partial charge in [-0.05, 0) is 31.9 Å². The van der Waals surface area contributed by atoms with Crippen molar-refractivity contribution in [2.75, 3.05) is 13.7 Å². The highest BCUT2D eigenvalue weighted by Gasteiger charge is 2.23. The summed E-state index contributed by atoms with van der Waals surface area (Å²) in [5, 5.41) is 3.02.